The number of nitrogens with one attached hydrogen (secondary N) is 1. The van der Waals surface area contributed by atoms with Crippen molar-refractivity contribution in [3.05, 3.63) is 28.2 Å². The van der Waals surface area contributed by atoms with Crippen molar-refractivity contribution < 1.29 is 0 Å². The normalized spacial score (nSPS) is 20.6. The molecule has 4 heteroatoms. The van der Waals surface area contributed by atoms with Gasteiger partial charge in [-0.25, -0.2) is 0 Å². The van der Waals surface area contributed by atoms with Gasteiger partial charge in [0.05, 0.1) is 0 Å². The first-order valence-electron chi connectivity index (χ1n) is 8.10. The minimum Gasteiger partial charge on any atom is -0.367 e. The molecule has 1 fully saturated rings. The van der Waals surface area contributed by atoms with Crippen molar-refractivity contribution >= 4 is 21.6 Å². The van der Waals surface area contributed by atoms with Crippen LogP contribution in [0.5, 0.6) is 0 Å². The Bertz CT molecular complexity index is 450. The van der Waals surface area contributed by atoms with Gasteiger partial charge in [0, 0.05) is 35.8 Å². The van der Waals surface area contributed by atoms with E-state index in [2.05, 4.69) is 70.1 Å². The van der Waals surface area contributed by atoms with Gasteiger partial charge in [-0.2, -0.15) is 0 Å². The van der Waals surface area contributed by atoms with Crippen LogP contribution in [0.25, 0.3) is 0 Å². The van der Waals surface area contributed by atoms with Gasteiger partial charge in [-0.1, -0.05) is 35.8 Å². The number of benzene rings is 1. The van der Waals surface area contributed by atoms with Crippen LogP contribution < -0.4 is 10.2 Å². The number of halogens is 1. The summed E-state index contributed by atoms with van der Waals surface area (Å²) >= 11 is 3.65. The Kier molecular flexibility index (Phi) is 6.52. The molecule has 1 saturated heterocycles. The van der Waals surface area contributed by atoms with Crippen molar-refractivity contribution in [2.24, 2.45) is 0 Å². The van der Waals surface area contributed by atoms with E-state index in [4.69, 9.17) is 0 Å². The monoisotopic (exact) mass is 353 g/mol. The van der Waals surface area contributed by atoms with Gasteiger partial charge in [-0.15, -0.1) is 0 Å². The molecule has 0 radical (unpaired) electrons. The summed E-state index contributed by atoms with van der Waals surface area (Å²) in [5, 5.41) is 3.47. The van der Waals surface area contributed by atoms with Gasteiger partial charge in [-0.3, -0.25) is 0 Å². The van der Waals surface area contributed by atoms with Gasteiger partial charge in [0.1, 0.15) is 0 Å². The SMILES string of the molecule is CCNCc1ccc(Br)cc1N1CCCN(C)CC1CC. The van der Waals surface area contributed by atoms with Gasteiger partial charge in [0.25, 0.3) is 0 Å². The molecule has 3 nitrogen and oxygen atoms in total. The molecule has 0 saturated carbocycles. The second-order valence-electron chi connectivity index (χ2n) is 5.92. The van der Waals surface area contributed by atoms with Gasteiger partial charge in [0.15, 0.2) is 0 Å². The third kappa shape index (κ3) is 4.44. The fourth-order valence-corrected chi connectivity index (χ4v) is 3.47. The highest BCUT2D eigenvalue weighted by atomic mass is 79.9. The Balaban J connectivity index is 2.30. The van der Waals surface area contributed by atoms with Crippen molar-refractivity contribution in [2.45, 2.75) is 39.3 Å². The van der Waals surface area contributed by atoms with E-state index in [9.17, 15) is 0 Å². The molecular weight excluding hydrogens is 326 g/mol. The minimum atomic E-state index is 0.604. The lowest BCUT2D eigenvalue weighted by molar-refractivity contribution is 0.328. The first-order valence-corrected chi connectivity index (χ1v) is 8.89. The molecule has 0 aromatic heterocycles. The Labute approximate surface area is 137 Å². The molecule has 1 N–H and O–H groups in total. The average molecular weight is 354 g/mol. The number of hydrogen-bond acceptors (Lipinski definition) is 3. The predicted molar refractivity (Wildman–Crippen MR) is 95.1 cm³/mol. The van der Waals surface area contributed by atoms with Crippen LogP contribution in [0.3, 0.4) is 0 Å². The van der Waals surface area contributed by atoms with E-state index in [0.717, 1.165) is 26.2 Å². The minimum absolute atomic E-state index is 0.604. The molecule has 1 aromatic rings. The summed E-state index contributed by atoms with van der Waals surface area (Å²) in [5.41, 5.74) is 2.80. The van der Waals surface area contributed by atoms with Crippen LogP contribution in [0.1, 0.15) is 32.3 Å². The maximum atomic E-state index is 3.65. The molecule has 21 heavy (non-hydrogen) atoms. The molecule has 1 aliphatic heterocycles. The first-order chi connectivity index (χ1) is 10.2. The van der Waals surface area contributed by atoms with Gasteiger partial charge < -0.3 is 15.1 Å². The third-order valence-corrected chi connectivity index (χ3v) is 4.79. The van der Waals surface area contributed by atoms with Crippen LogP contribution in [0.2, 0.25) is 0 Å². The lowest BCUT2D eigenvalue weighted by Gasteiger charge is -2.34. The van der Waals surface area contributed by atoms with Crippen molar-refractivity contribution in [3.63, 3.8) is 0 Å². The highest BCUT2D eigenvalue weighted by Gasteiger charge is 2.24. The fraction of sp³-hybridized carbons (Fsp3) is 0.647. The molecule has 0 spiro atoms. The smallest absolute Gasteiger partial charge is 0.0426 e. The van der Waals surface area contributed by atoms with Crippen molar-refractivity contribution in [1.82, 2.24) is 10.2 Å². The highest BCUT2D eigenvalue weighted by molar-refractivity contribution is 9.10. The standard InChI is InChI=1S/C17H28BrN3/c1-4-16-13-20(3)9-6-10-21(16)17-11-15(18)8-7-14(17)12-19-5-2/h7-8,11,16,19H,4-6,9-10,12-13H2,1-3H3. The van der Waals surface area contributed by atoms with Gasteiger partial charge >= 0.3 is 0 Å². The lowest BCUT2D eigenvalue weighted by atomic mass is 10.1. The topological polar surface area (TPSA) is 18.5 Å². The maximum Gasteiger partial charge on any atom is 0.0426 e. The van der Waals surface area contributed by atoms with Gasteiger partial charge in [0.2, 0.25) is 0 Å². The van der Waals surface area contributed by atoms with Crippen LogP contribution in [0, 0.1) is 0 Å². The average Bonchev–Trinajstić information content (AvgIpc) is 2.67. The van der Waals surface area contributed by atoms with E-state index in [0.29, 0.717) is 6.04 Å². The predicted octanol–water partition coefficient (Wildman–Crippen LogP) is 3.48. The molecule has 1 atom stereocenters. The maximum absolute atomic E-state index is 3.65. The van der Waals surface area contributed by atoms with Crippen LogP contribution >= 0.6 is 15.9 Å². The van der Waals surface area contributed by atoms with Crippen molar-refractivity contribution in [2.75, 3.05) is 38.1 Å². The summed E-state index contributed by atoms with van der Waals surface area (Å²) < 4.78 is 1.17. The van der Waals surface area contributed by atoms with Crippen LogP contribution in [0.15, 0.2) is 22.7 Å². The molecule has 1 heterocycles. The number of nitrogens with zero attached hydrogens (tertiary/aromatic N) is 2. The second-order valence-corrected chi connectivity index (χ2v) is 6.84. The Hall–Kier alpha value is -0.580. The summed E-state index contributed by atoms with van der Waals surface area (Å²) in [7, 11) is 2.24. The number of hydrogen-bond donors (Lipinski definition) is 1. The number of rotatable bonds is 5. The fourth-order valence-electron chi connectivity index (χ4n) is 3.12. The largest absolute Gasteiger partial charge is 0.367 e. The molecule has 1 aliphatic rings. The Morgan fingerprint density at radius 3 is 2.81 bits per heavy atom. The molecule has 2 rings (SSSR count). The van der Waals surface area contributed by atoms with E-state index in [-0.39, 0.29) is 0 Å². The van der Waals surface area contributed by atoms with E-state index in [1.54, 1.807) is 0 Å². The number of likely N-dealkylation sites (N-methyl/N-ethyl adjacent to an activating group) is 1. The molecule has 0 bridgehead atoms. The van der Waals surface area contributed by atoms with E-state index in [1.165, 1.54) is 35.1 Å². The Morgan fingerprint density at radius 1 is 1.29 bits per heavy atom. The first kappa shape index (κ1) is 16.8. The molecule has 0 amide bonds. The Morgan fingerprint density at radius 2 is 2.10 bits per heavy atom. The van der Waals surface area contributed by atoms with Gasteiger partial charge in [-0.05, 0) is 50.7 Å². The molecule has 118 valence electrons. The summed E-state index contributed by atoms with van der Waals surface area (Å²) in [6.45, 7) is 9.93. The lowest BCUT2D eigenvalue weighted by Crippen LogP contribution is -2.40. The zero-order valence-electron chi connectivity index (χ0n) is 13.5. The van der Waals surface area contributed by atoms with Crippen molar-refractivity contribution in [1.29, 1.82) is 0 Å². The molecular formula is C17H28BrN3. The van der Waals surface area contributed by atoms with E-state index >= 15 is 0 Å². The van der Waals surface area contributed by atoms with Crippen LogP contribution in [-0.4, -0.2) is 44.2 Å². The summed E-state index contributed by atoms with van der Waals surface area (Å²) in [5.74, 6) is 0. The highest BCUT2D eigenvalue weighted by Crippen LogP contribution is 2.29. The second kappa shape index (κ2) is 8.16. The molecule has 1 unspecified atom stereocenters. The summed E-state index contributed by atoms with van der Waals surface area (Å²) in [6, 6.07) is 7.30. The van der Waals surface area contributed by atoms with E-state index in [1.807, 2.05) is 0 Å². The zero-order chi connectivity index (χ0) is 15.2. The number of anilines is 1. The van der Waals surface area contributed by atoms with Crippen molar-refractivity contribution in [3.8, 4) is 0 Å². The van der Waals surface area contributed by atoms with E-state index < -0.39 is 0 Å². The van der Waals surface area contributed by atoms with Crippen LogP contribution in [-0.2, 0) is 6.54 Å². The quantitative estimate of drug-likeness (QED) is 0.873. The van der Waals surface area contributed by atoms with Crippen LogP contribution in [0.4, 0.5) is 5.69 Å². The third-order valence-electron chi connectivity index (χ3n) is 4.30. The molecule has 0 aliphatic carbocycles. The summed E-state index contributed by atoms with van der Waals surface area (Å²) in [4.78, 5) is 5.09. The summed E-state index contributed by atoms with van der Waals surface area (Å²) in [6.07, 6.45) is 2.43. The molecule has 1 aromatic carbocycles. The zero-order valence-corrected chi connectivity index (χ0v) is 15.1.